The molecule has 0 aliphatic heterocycles. The summed E-state index contributed by atoms with van der Waals surface area (Å²) in [6.07, 6.45) is 5.95. The van der Waals surface area contributed by atoms with Gasteiger partial charge in [-0.05, 0) is 25.0 Å². The van der Waals surface area contributed by atoms with Crippen molar-refractivity contribution in [1.82, 2.24) is 10.3 Å². The Morgan fingerprint density at radius 2 is 2.08 bits per heavy atom. The van der Waals surface area contributed by atoms with Gasteiger partial charge in [0.25, 0.3) is 0 Å². The number of anilines is 1. The first-order valence-electron chi connectivity index (χ1n) is 9.36. The largest absolute Gasteiger partial charge is 0.337 e. The predicted molar refractivity (Wildman–Crippen MR) is 111 cm³/mol. The second-order valence-corrected chi connectivity index (χ2v) is 9.22. The number of hydrogen-bond donors (Lipinski definition) is 2. The van der Waals surface area contributed by atoms with Gasteiger partial charge in [-0.25, -0.2) is 9.78 Å². The second kappa shape index (κ2) is 9.42. The lowest BCUT2D eigenvalue weighted by Gasteiger charge is -2.14. The average molecular weight is 390 g/mol. The molecular weight excluding hydrogens is 362 g/mol. The number of urea groups is 1. The van der Waals surface area contributed by atoms with Crippen LogP contribution in [0.4, 0.5) is 10.5 Å². The third-order valence-electron chi connectivity index (χ3n) is 4.46. The fraction of sp³-hybridized carbons (Fsp3) is 0.500. The van der Waals surface area contributed by atoms with Crippen LogP contribution in [-0.4, -0.2) is 22.8 Å². The number of benzene rings is 1. The summed E-state index contributed by atoms with van der Waals surface area (Å²) >= 11 is 3.59. The molecule has 26 heavy (non-hydrogen) atoms. The Bertz CT molecular complexity index is 723. The summed E-state index contributed by atoms with van der Waals surface area (Å²) < 4.78 is 0. The number of thiazole rings is 1. The van der Waals surface area contributed by atoms with Crippen molar-refractivity contribution >= 4 is 34.8 Å². The quantitative estimate of drug-likeness (QED) is 0.642. The Morgan fingerprint density at radius 3 is 2.81 bits per heavy atom. The Morgan fingerprint density at radius 1 is 1.31 bits per heavy atom. The van der Waals surface area contributed by atoms with Gasteiger partial charge in [-0.3, -0.25) is 0 Å². The molecule has 2 aromatic rings. The number of thioether (sulfide) groups is 1. The smallest absolute Gasteiger partial charge is 0.319 e. The standard InChI is InChI=1S/C20H27N3OS2/c1-14(2)19-22-15(13-25-19)11-12-21-20(24)23-17-9-5-6-10-18(17)26-16-7-3-4-8-16/h5-6,9-10,13-14,16H,3-4,7-8,11-12H2,1-2H3,(H2,21,23,24). The van der Waals surface area contributed by atoms with Gasteiger partial charge in [0.2, 0.25) is 0 Å². The van der Waals surface area contributed by atoms with Crippen molar-refractivity contribution in [2.75, 3.05) is 11.9 Å². The molecular formula is C20H27N3OS2. The first-order valence-corrected chi connectivity index (χ1v) is 11.1. The molecule has 0 atom stereocenters. The van der Waals surface area contributed by atoms with Crippen LogP contribution in [0, 0.1) is 0 Å². The molecule has 0 unspecified atom stereocenters. The van der Waals surface area contributed by atoms with Gasteiger partial charge >= 0.3 is 6.03 Å². The van der Waals surface area contributed by atoms with Crippen LogP contribution in [0.1, 0.15) is 56.2 Å². The number of aromatic nitrogens is 1. The van der Waals surface area contributed by atoms with E-state index in [0.29, 0.717) is 17.7 Å². The van der Waals surface area contributed by atoms with Gasteiger partial charge < -0.3 is 10.6 Å². The summed E-state index contributed by atoms with van der Waals surface area (Å²) in [6, 6.07) is 7.93. The maximum atomic E-state index is 12.3. The molecule has 3 rings (SSSR count). The van der Waals surface area contributed by atoms with Crippen molar-refractivity contribution in [1.29, 1.82) is 0 Å². The van der Waals surface area contributed by atoms with E-state index in [0.717, 1.165) is 27.7 Å². The Kier molecular flexibility index (Phi) is 6.97. The second-order valence-electron chi connectivity index (χ2n) is 6.98. The van der Waals surface area contributed by atoms with Crippen LogP contribution in [0.15, 0.2) is 34.5 Å². The molecule has 4 nitrogen and oxygen atoms in total. The maximum Gasteiger partial charge on any atom is 0.319 e. The SMILES string of the molecule is CC(C)c1nc(CCNC(=O)Nc2ccccc2SC2CCCC2)cs1. The molecule has 140 valence electrons. The molecule has 0 radical (unpaired) electrons. The highest BCUT2D eigenvalue weighted by Gasteiger charge is 2.18. The first kappa shape index (κ1) is 19.2. The number of nitrogens with zero attached hydrogens (tertiary/aromatic N) is 1. The van der Waals surface area contributed by atoms with Crippen molar-refractivity contribution in [2.24, 2.45) is 0 Å². The molecule has 1 heterocycles. The summed E-state index contributed by atoms with van der Waals surface area (Å²) in [5.74, 6) is 0.457. The van der Waals surface area contributed by atoms with E-state index in [4.69, 9.17) is 0 Å². The number of nitrogens with one attached hydrogen (secondary N) is 2. The van der Waals surface area contributed by atoms with Gasteiger partial charge in [0.05, 0.1) is 16.4 Å². The molecule has 6 heteroatoms. The molecule has 1 aliphatic carbocycles. The Hall–Kier alpha value is -1.53. The number of amides is 2. The maximum absolute atomic E-state index is 12.3. The van der Waals surface area contributed by atoms with Gasteiger partial charge in [-0.1, -0.05) is 38.8 Å². The molecule has 0 saturated heterocycles. The number of carbonyl (C=O) groups excluding carboxylic acids is 1. The molecule has 0 spiro atoms. The minimum absolute atomic E-state index is 0.149. The van der Waals surface area contributed by atoms with Crippen LogP contribution in [0.25, 0.3) is 0 Å². The van der Waals surface area contributed by atoms with E-state index in [1.54, 1.807) is 11.3 Å². The summed E-state index contributed by atoms with van der Waals surface area (Å²) in [4.78, 5) is 18.0. The highest BCUT2D eigenvalue weighted by Crippen LogP contribution is 2.37. The number of rotatable bonds is 7. The predicted octanol–water partition coefficient (Wildman–Crippen LogP) is 5.67. The van der Waals surface area contributed by atoms with Gasteiger partial charge in [0.1, 0.15) is 0 Å². The van der Waals surface area contributed by atoms with E-state index in [9.17, 15) is 4.79 Å². The van der Waals surface area contributed by atoms with Crippen molar-refractivity contribution in [3.63, 3.8) is 0 Å². The molecule has 1 aromatic heterocycles. The average Bonchev–Trinajstić information content (AvgIpc) is 3.28. The lowest BCUT2D eigenvalue weighted by atomic mass is 10.2. The third kappa shape index (κ3) is 5.48. The van der Waals surface area contributed by atoms with Crippen molar-refractivity contribution < 1.29 is 4.79 Å². The monoisotopic (exact) mass is 389 g/mol. The topological polar surface area (TPSA) is 54.0 Å². The first-order chi connectivity index (χ1) is 12.6. The zero-order valence-electron chi connectivity index (χ0n) is 15.5. The lowest BCUT2D eigenvalue weighted by molar-refractivity contribution is 0.252. The van der Waals surface area contributed by atoms with Gasteiger partial charge in [0.15, 0.2) is 0 Å². The van der Waals surface area contributed by atoms with Gasteiger partial charge in [0, 0.05) is 34.4 Å². The molecule has 2 N–H and O–H groups in total. The van der Waals surface area contributed by atoms with E-state index in [-0.39, 0.29) is 6.03 Å². The van der Waals surface area contributed by atoms with Crippen LogP contribution in [0.5, 0.6) is 0 Å². The summed E-state index contributed by atoms with van der Waals surface area (Å²) in [6.45, 7) is 4.88. The molecule has 1 aliphatic rings. The van der Waals surface area contributed by atoms with Crippen LogP contribution < -0.4 is 10.6 Å². The fourth-order valence-electron chi connectivity index (χ4n) is 3.03. The Balaban J connectivity index is 1.48. The van der Waals surface area contributed by atoms with Crippen LogP contribution >= 0.6 is 23.1 Å². The minimum Gasteiger partial charge on any atom is -0.337 e. The number of carbonyl (C=O) groups is 1. The van der Waals surface area contributed by atoms with E-state index in [2.05, 4.69) is 40.9 Å². The molecule has 1 saturated carbocycles. The fourth-order valence-corrected chi connectivity index (χ4v) is 5.23. The van der Waals surface area contributed by atoms with Gasteiger partial charge in [-0.15, -0.1) is 23.1 Å². The molecule has 2 amide bonds. The minimum atomic E-state index is -0.149. The van der Waals surface area contributed by atoms with Gasteiger partial charge in [-0.2, -0.15) is 0 Å². The Labute approximate surface area is 164 Å². The number of hydrogen-bond acceptors (Lipinski definition) is 4. The van der Waals surface area contributed by atoms with Crippen molar-refractivity contribution in [2.45, 2.75) is 62.0 Å². The highest BCUT2D eigenvalue weighted by atomic mass is 32.2. The van der Waals surface area contributed by atoms with E-state index in [1.165, 1.54) is 25.7 Å². The summed E-state index contributed by atoms with van der Waals surface area (Å²) in [5.41, 5.74) is 1.95. The lowest BCUT2D eigenvalue weighted by Crippen LogP contribution is -2.30. The third-order valence-corrected chi connectivity index (χ3v) is 7.07. The van der Waals surface area contributed by atoms with E-state index in [1.807, 2.05) is 30.0 Å². The molecule has 0 bridgehead atoms. The van der Waals surface area contributed by atoms with E-state index >= 15 is 0 Å². The van der Waals surface area contributed by atoms with E-state index < -0.39 is 0 Å². The summed E-state index contributed by atoms with van der Waals surface area (Å²) in [5, 5.41) is 9.87. The summed E-state index contributed by atoms with van der Waals surface area (Å²) in [7, 11) is 0. The van der Waals surface area contributed by atoms with Crippen LogP contribution in [-0.2, 0) is 6.42 Å². The zero-order valence-corrected chi connectivity index (χ0v) is 17.1. The molecule has 1 fully saturated rings. The normalized spacial score (nSPS) is 14.7. The number of para-hydroxylation sites is 1. The van der Waals surface area contributed by atoms with Crippen molar-refractivity contribution in [3.8, 4) is 0 Å². The van der Waals surface area contributed by atoms with Crippen LogP contribution in [0.3, 0.4) is 0 Å². The highest BCUT2D eigenvalue weighted by molar-refractivity contribution is 8.00. The van der Waals surface area contributed by atoms with Crippen LogP contribution in [0.2, 0.25) is 0 Å². The zero-order chi connectivity index (χ0) is 18.4. The van der Waals surface area contributed by atoms with Crippen molar-refractivity contribution in [3.05, 3.63) is 40.3 Å². The molecule has 1 aromatic carbocycles.